The highest BCUT2D eigenvalue weighted by atomic mass is 16.5. The maximum Gasteiger partial charge on any atom is 0.275 e. The van der Waals surface area contributed by atoms with Crippen molar-refractivity contribution in [3.63, 3.8) is 0 Å². The van der Waals surface area contributed by atoms with Crippen LogP contribution in [0.4, 0.5) is 5.82 Å². The quantitative estimate of drug-likeness (QED) is 0.580. The van der Waals surface area contributed by atoms with Gasteiger partial charge in [-0.1, -0.05) is 18.2 Å². The van der Waals surface area contributed by atoms with Gasteiger partial charge in [0.2, 0.25) is 0 Å². The Balaban J connectivity index is 1.57. The summed E-state index contributed by atoms with van der Waals surface area (Å²) in [4.78, 5) is 17.0. The average Bonchev–Trinajstić information content (AvgIpc) is 3.39. The second kappa shape index (κ2) is 7.36. The van der Waals surface area contributed by atoms with E-state index >= 15 is 0 Å². The molecule has 1 aromatic carbocycles. The Morgan fingerprint density at radius 1 is 1.11 bits per heavy atom. The fourth-order valence-electron chi connectivity index (χ4n) is 2.77. The van der Waals surface area contributed by atoms with Gasteiger partial charge in [0.15, 0.2) is 5.82 Å². The fourth-order valence-corrected chi connectivity index (χ4v) is 2.77. The number of aromatic nitrogens is 5. The van der Waals surface area contributed by atoms with Crippen molar-refractivity contribution in [1.29, 1.82) is 0 Å². The number of hydrogen-bond donors (Lipinski definition) is 1. The summed E-state index contributed by atoms with van der Waals surface area (Å²) in [6, 6.07) is 16.4. The van der Waals surface area contributed by atoms with Crippen molar-refractivity contribution >= 4 is 11.7 Å². The molecule has 4 aromatic rings. The molecule has 1 amide bonds. The molecule has 8 nitrogen and oxygen atoms in total. The zero-order chi connectivity index (χ0) is 19.5. The first-order valence-electron chi connectivity index (χ1n) is 8.61. The summed E-state index contributed by atoms with van der Waals surface area (Å²) in [6.45, 7) is 0. The van der Waals surface area contributed by atoms with E-state index in [1.807, 2.05) is 30.3 Å². The molecule has 0 aliphatic heterocycles. The van der Waals surface area contributed by atoms with E-state index in [2.05, 4.69) is 20.5 Å². The summed E-state index contributed by atoms with van der Waals surface area (Å²) >= 11 is 0. The molecule has 1 N–H and O–H groups in total. The molecule has 0 saturated heterocycles. The Labute approximate surface area is 161 Å². The molecule has 0 spiro atoms. The minimum Gasteiger partial charge on any atom is -0.497 e. The van der Waals surface area contributed by atoms with Crippen LogP contribution in [0.15, 0.2) is 67.0 Å². The zero-order valence-corrected chi connectivity index (χ0v) is 15.4. The topological polar surface area (TPSA) is 86.9 Å². The first-order chi connectivity index (χ1) is 13.6. The van der Waals surface area contributed by atoms with E-state index in [-0.39, 0.29) is 11.6 Å². The van der Waals surface area contributed by atoms with E-state index in [0.29, 0.717) is 11.6 Å². The number of nitrogens with zero attached hydrogens (tertiary/aromatic N) is 5. The van der Waals surface area contributed by atoms with Crippen LogP contribution in [0.5, 0.6) is 5.75 Å². The van der Waals surface area contributed by atoms with Crippen molar-refractivity contribution in [2.75, 3.05) is 12.4 Å². The Morgan fingerprint density at radius 2 is 1.96 bits per heavy atom. The molecule has 3 heterocycles. The second-order valence-corrected chi connectivity index (χ2v) is 6.06. The number of aryl methyl sites for hydroxylation is 1. The number of benzene rings is 1. The van der Waals surface area contributed by atoms with Gasteiger partial charge in [-0.25, -0.2) is 9.67 Å². The summed E-state index contributed by atoms with van der Waals surface area (Å²) in [5.41, 5.74) is 1.92. The third kappa shape index (κ3) is 3.48. The Bertz CT molecular complexity index is 1120. The smallest absolute Gasteiger partial charge is 0.275 e. The van der Waals surface area contributed by atoms with E-state index in [1.165, 1.54) is 0 Å². The van der Waals surface area contributed by atoms with Gasteiger partial charge in [0.05, 0.1) is 12.8 Å². The number of anilines is 1. The molecule has 140 valence electrons. The van der Waals surface area contributed by atoms with Gasteiger partial charge >= 0.3 is 0 Å². The van der Waals surface area contributed by atoms with Crippen molar-refractivity contribution in [3.05, 3.63) is 72.7 Å². The van der Waals surface area contributed by atoms with Crippen LogP contribution in [-0.2, 0) is 7.05 Å². The summed E-state index contributed by atoms with van der Waals surface area (Å²) in [6.07, 6.45) is 3.43. The molecular formula is C20H18N6O2. The lowest BCUT2D eigenvalue weighted by molar-refractivity contribution is 0.102. The molecule has 0 aliphatic rings. The molecule has 0 atom stereocenters. The van der Waals surface area contributed by atoms with E-state index in [1.54, 1.807) is 60.2 Å². The van der Waals surface area contributed by atoms with Gasteiger partial charge in [0.1, 0.15) is 17.3 Å². The minimum absolute atomic E-state index is 0.289. The second-order valence-electron chi connectivity index (χ2n) is 6.06. The van der Waals surface area contributed by atoms with Crippen LogP contribution < -0.4 is 10.1 Å². The predicted octanol–water partition coefficient (Wildman–Crippen LogP) is 2.93. The number of amides is 1. The Kier molecular flexibility index (Phi) is 4.59. The van der Waals surface area contributed by atoms with Crippen LogP contribution in [0.25, 0.3) is 17.1 Å². The van der Waals surface area contributed by atoms with Crippen LogP contribution in [0.2, 0.25) is 0 Å². The zero-order valence-electron chi connectivity index (χ0n) is 15.4. The highest BCUT2D eigenvalue weighted by molar-refractivity contribution is 6.02. The SMILES string of the molecule is COc1cccc(-c2cc(NC(=O)c3cccc(-n4cccn4)n3)n(C)n2)c1. The number of pyridine rings is 1. The average molecular weight is 374 g/mol. The van der Waals surface area contributed by atoms with Crippen molar-refractivity contribution in [2.45, 2.75) is 0 Å². The molecule has 0 unspecified atom stereocenters. The number of carbonyl (C=O) groups is 1. The third-order valence-electron chi connectivity index (χ3n) is 4.19. The molecule has 0 bridgehead atoms. The van der Waals surface area contributed by atoms with Gasteiger partial charge in [0.25, 0.3) is 5.91 Å². The highest BCUT2D eigenvalue weighted by Crippen LogP contribution is 2.25. The third-order valence-corrected chi connectivity index (χ3v) is 4.19. The minimum atomic E-state index is -0.325. The van der Waals surface area contributed by atoms with Gasteiger partial charge in [-0.15, -0.1) is 0 Å². The standard InChI is InChI=1S/C20H18N6O2/c1-25-19(13-17(24-25)14-6-3-7-15(12-14)28-2)23-20(27)16-8-4-9-18(22-16)26-11-5-10-21-26/h3-13H,1-2H3,(H,23,27). The number of ether oxygens (including phenoxy) is 1. The summed E-state index contributed by atoms with van der Waals surface area (Å²) in [7, 11) is 3.39. The van der Waals surface area contributed by atoms with Gasteiger partial charge in [-0.2, -0.15) is 10.2 Å². The molecule has 3 aromatic heterocycles. The highest BCUT2D eigenvalue weighted by Gasteiger charge is 2.14. The van der Waals surface area contributed by atoms with Crippen LogP contribution >= 0.6 is 0 Å². The first-order valence-corrected chi connectivity index (χ1v) is 8.61. The number of methoxy groups -OCH3 is 1. The number of nitrogens with one attached hydrogen (secondary N) is 1. The largest absolute Gasteiger partial charge is 0.497 e. The Hall–Kier alpha value is -3.94. The number of carbonyl (C=O) groups excluding carboxylic acids is 1. The molecule has 0 saturated carbocycles. The lowest BCUT2D eigenvalue weighted by atomic mass is 10.1. The van der Waals surface area contributed by atoms with Gasteiger partial charge in [-0.05, 0) is 30.3 Å². The molecule has 28 heavy (non-hydrogen) atoms. The van der Waals surface area contributed by atoms with E-state index in [9.17, 15) is 4.79 Å². The van der Waals surface area contributed by atoms with Crippen LogP contribution in [0.1, 0.15) is 10.5 Å². The van der Waals surface area contributed by atoms with Crippen molar-refractivity contribution in [1.82, 2.24) is 24.5 Å². The van der Waals surface area contributed by atoms with Gasteiger partial charge in [-0.3, -0.25) is 9.48 Å². The lowest BCUT2D eigenvalue weighted by Crippen LogP contribution is -2.16. The Morgan fingerprint density at radius 3 is 2.75 bits per heavy atom. The maximum atomic E-state index is 12.7. The van der Waals surface area contributed by atoms with E-state index < -0.39 is 0 Å². The molecule has 0 radical (unpaired) electrons. The van der Waals surface area contributed by atoms with Crippen LogP contribution in [-0.4, -0.2) is 37.6 Å². The molecule has 0 aliphatic carbocycles. The normalized spacial score (nSPS) is 10.6. The van der Waals surface area contributed by atoms with Crippen LogP contribution in [0, 0.1) is 0 Å². The molecule has 4 rings (SSSR count). The van der Waals surface area contributed by atoms with E-state index in [0.717, 1.165) is 17.0 Å². The summed E-state index contributed by atoms with van der Waals surface area (Å²) < 4.78 is 8.47. The lowest BCUT2D eigenvalue weighted by Gasteiger charge is -2.06. The summed E-state index contributed by atoms with van der Waals surface area (Å²) in [5.74, 6) is 1.55. The van der Waals surface area contributed by atoms with Gasteiger partial charge < -0.3 is 10.1 Å². The maximum absolute atomic E-state index is 12.7. The van der Waals surface area contributed by atoms with Crippen LogP contribution in [0.3, 0.4) is 0 Å². The fraction of sp³-hybridized carbons (Fsp3) is 0.100. The molecule has 8 heteroatoms. The van der Waals surface area contributed by atoms with Crippen molar-refractivity contribution in [2.24, 2.45) is 7.05 Å². The number of hydrogen-bond acceptors (Lipinski definition) is 5. The van der Waals surface area contributed by atoms with Crippen molar-refractivity contribution < 1.29 is 9.53 Å². The first kappa shape index (κ1) is 17.5. The predicted molar refractivity (Wildman–Crippen MR) is 105 cm³/mol. The van der Waals surface area contributed by atoms with E-state index in [4.69, 9.17) is 4.74 Å². The van der Waals surface area contributed by atoms with Crippen molar-refractivity contribution in [3.8, 4) is 22.8 Å². The number of rotatable bonds is 5. The molecule has 0 fully saturated rings. The molecular weight excluding hydrogens is 356 g/mol. The summed E-state index contributed by atoms with van der Waals surface area (Å²) in [5, 5.41) is 11.5. The monoisotopic (exact) mass is 374 g/mol. The van der Waals surface area contributed by atoms with Gasteiger partial charge in [0, 0.05) is 31.1 Å².